The van der Waals surface area contributed by atoms with Gasteiger partial charge in [-0.1, -0.05) is 6.08 Å². The summed E-state index contributed by atoms with van der Waals surface area (Å²) in [7, 11) is 0. The average Bonchev–Trinajstić information content (AvgIpc) is 2.85. The predicted molar refractivity (Wildman–Crippen MR) is 81.2 cm³/mol. The number of nitrogens with zero attached hydrogens (tertiary/aromatic N) is 1. The SMILES string of the molecule is CC(=CC=CN1CCOCC1)C(=O)OCC1COC(C)(C)O1. The van der Waals surface area contributed by atoms with Gasteiger partial charge in [-0.3, -0.25) is 0 Å². The zero-order chi connectivity index (χ0) is 16.0. The van der Waals surface area contributed by atoms with Gasteiger partial charge in [-0.15, -0.1) is 0 Å². The van der Waals surface area contributed by atoms with Crippen molar-refractivity contribution in [3.8, 4) is 0 Å². The van der Waals surface area contributed by atoms with Gasteiger partial charge in [0.1, 0.15) is 12.7 Å². The van der Waals surface area contributed by atoms with E-state index in [9.17, 15) is 4.79 Å². The second-order valence-electron chi connectivity index (χ2n) is 5.89. The number of morpholine rings is 1. The molecule has 2 saturated heterocycles. The first-order chi connectivity index (χ1) is 10.5. The molecule has 0 bridgehead atoms. The standard InChI is InChI=1S/C16H25NO5/c1-13(5-4-6-17-7-9-19-10-8-17)15(18)20-11-14-12-21-16(2,3)22-14/h4-6,14H,7-12H2,1-3H3. The number of hydrogen-bond donors (Lipinski definition) is 0. The van der Waals surface area contributed by atoms with E-state index < -0.39 is 5.79 Å². The molecule has 0 aliphatic carbocycles. The minimum Gasteiger partial charge on any atom is -0.459 e. The van der Waals surface area contributed by atoms with Crippen LogP contribution in [0.2, 0.25) is 0 Å². The van der Waals surface area contributed by atoms with Crippen molar-refractivity contribution >= 4 is 5.97 Å². The summed E-state index contributed by atoms with van der Waals surface area (Å²) in [5, 5.41) is 0. The summed E-state index contributed by atoms with van der Waals surface area (Å²) in [6, 6.07) is 0. The minimum atomic E-state index is -0.594. The van der Waals surface area contributed by atoms with E-state index in [1.165, 1.54) is 0 Å². The van der Waals surface area contributed by atoms with Crippen molar-refractivity contribution in [3.05, 3.63) is 23.9 Å². The van der Waals surface area contributed by atoms with Crippen LogP contribution in [0.15, 0.2) is 23.9 Å². The molecule has 0 saturated carbocycles. The van der Waals surface area contributed by atoms with E-state index >= 15 is 0 Å². The monoisotopic (exact) mass is 311 g/mol. The molecular formula is C16H25NO5. The summed E-state index contributed by atoms with van der Waals surface area (Å²) >= 11 is 0. The Hall–Kier alpha value is -1.37. The molecule has 0 amide bonds. The fourth-order valence-corrected chi connectivity index (χ4v) is 2.23. The van der Waals surface area contributed by atoms with Gasteiger partial charge in [0.15, 0.2) is 5.79 Å². The van der Waals surface area contributed by atoms with Crippen molar-refractivity contribution in [2.45, 2.75) is 32.7 Å². The number of esters is 1. The third kappa shape index (κ3) is 5.44. The van der Waals surface area contributed by atoms with Crippen LogP contribution in [-0.4, -0.2) is 62.3 Å². The van der Waals surface area contributed by atoms with Gasteiger partial charge in [0.05, 0.1) is 19.8 Å². The zero-order valence-corrected chi connectivity index (χ0v) is 13.5. The first kappa shape index (κ1) is 17.0. The van der Waals surface area contributed by atoms with Crippen LogP contribution in [0, 0.1) is 0 Å². The predicted octanol–water partition coefficient (Wildman–Crippen LogP) is 1.47. The smallest absolute Gasteiger partial charge is 0.333 e. The van der Waals surface area contributed by atoms with E-state index in [0.29, 0.717) is 12.2 Å². The molecule has 124 valence electrons. The molecule has 0 aromatic heterocycles. The Balaban J connectivity index is 1.71. The molecule has 0 spiro atoms. The molecule has 2 heterocycles. The third-order valence-corrected chi connectivity index (χ3v) is 3.48. The van der Waals surface area contributed by atoms with E-state index in [4.69, 9.17) is 18.9 Å². The second-order valence-corrected chi connectivity index (χ2v) is 5.89. The molecule has 0 radical (unpaired) electrons. The van der Waals surface area contributed by atoms with Crippen molar-refractivity contribution in [2.24, 2.45) is 0 Å². The molecule has 0 N–H and O–H groups in total. The molecule has 0 aromatic rings. The quantitative estimate of drug-likeness (QED) is 0.435. The molecule has 2 rings (SSSR count). The van der Waals surface area contributed by atoms with Crippen LogP contribution in [0.5, 0.6) is 0 Å². The normalized spacial score (nSPS) is 25.7. The lowest BCUT2D eigenvalue weighted by molar-refractivity contribution is -0.155. The summed E-state index contributed by atoms with van der Waals surface area (Å²) in [5.74, 6) is -0.928. The molecule has 2 aliphatic heterocycles. The number of ether oxygens (including phenoxy) is 4. The lowest BCUT2D eigenvalue weighted by atomic mass is 10.3. The topological polar surface area (TPSA) is 57.2 Å². The number of carbonyl (C=O) groups excluding carboxylic acids is 1. The Labute approximate surface area is 131 Å². The van der Waals surface area contributed by atoms with E-state index in [1.807, 2.05) is 26.1 Å². The van der Waals surface area contributed by atoms with E-state index in [1.54, 1.807) is 13.0 Å². The fraction of sp³-hybridized carbons (Fsp3) is 0.688. The summed E-state index contributed by atoms with van der Waals surface area (Å²) < 4.78 is 21.5. The summed E-state index contributed by atoms with van der Waals surface area (Å²) in [6.07, 6.45) is 5.39. The van der Waals surface area contributed by atoms with Crippen molar-refractivity contribution in [1.29, 1.82) is 0 Å². The van der Waals surface area contributed by atoms with Crippen LogP contribution in [0.4, 0.5) is 0 Å². The molecule has 1 unspecified atom stereocenters. The van der Waals surface area contributed by atoms with E-state index in [0.717, 1.165) is 26.3 Å². The van der Waals surface area contributed by atoms with Gasteiger partial charge in [-0.25, -0.2) is 4.79 Å². The van der Waals surface area contributed by atoms with E-state index in [-0.39, 0.29) is 18.7 Å². The Bertz CT molecular complexity index is 438. The van der Waals surface area contributed by atoms with Gasteiger partial charge in [-0.05, 0) is 33.0 Å². The largest absolute Gasteiger partial charge is 0.459 e. The van der Waals surface area contributed by atoms with Gasteiger partial charge in [-0.2, -0.15) is 0 Å². The van der Waals surface area contributed by atoms with Crippen molar-refractivity contribution in [2.75, 3.05) is 39.5 Å². The maximum absolute atomic E-state index is 11.9. The maximum Gasteiger partial charge on any atom is 0.333 e. The summed E-state index contributed by atoms with van der Waals surface area (Å²) in [4.78, 5) is 14.0. The zero-order valence-electron chi connectivity index (χ0n) is 13.5. The van der Waals surface area contributed by atoms with Crippen LogP contribution >= 0.6 is 0 Å². The second kappa shape index (κ2) is 7.76. The van der Waals surface area contributed by atoms with Crippen molar-refractivity contribution in [3.63, 3.8) is 0 Å². The lowest BCUT2D eigenvalue weighted by Gasteiger charge is -2.24. The molecule has 0 aromatic carbocycles. The maximum atomic E-state index is 11.9. The minimum absolute atomic E-state index is 0.198. The lowest BCUT2D eigenvalue weighted by Crippen LogP contribution is -2.31. The van der Waals surface area contributed by atoms with Crippen molar-refractivity contribution in [1.82, 2.24) is 4.90 Å². The van der Waals surface area contributed by atoms with Crippen LogP contribution < -0.4 is 0 Å². The van der Waals surface area contributed by atoms with Gasteiger partial charge < -0.3 is 23.8 Å². The van der Waals surface area contributed by atoms with Crippen LogP contribution in [0.25, 0.3) is 0 Å². The number of rotatable bonds is 5. The molecule has 22 heavy (non-hydrogen) atoms. The Morgan fingerprint density at radius 2 is 2.09 bits per heavy atom. The molecular weight excluding hydrogens is 286 g/mol. The Morgan fingerprint density at radius 1 is 1.36 bits per heavy atom. The summed E-state index contributed by atoms with van der Waals surface area (Å²) in [5.41, 5.74) is 0.558. The Kier molecular flexibility index (Phi) is 5.99. The molecule has 2 aliphatic rings. The highest BCUT2D eigenvalue weighted by atomic mass is 16.7. The summed E-state index contributed by atoms with van der Waals surface area (Å²) in [6.45, 7) is 9.32. The van der Waals surface area contributed by atoms with Gasteiger partial charge in [0.2, 0.25) is 0 Å². The van der Waals surface area contributed by atoms with Gasteiger partial charge in [0, 0.05) is 18.7 Å². The molecule has 6 nitrogen and oxygen atoms in total. The third-order valence-electron chi connectivity index (χ3n) is 3.48. The average molecular weight is 311 g/mol. The number of hydrogen-bond acceptors (Lipinski definition) is 6. The van der Waals surface area contributed by atoms with Crippen LogP contribution in [-0.2, 0) is 23.7 Å². The highest BCUT2D eigenvalue weighted by Gasteiger charge is 2.33. The Morgan fingerprint density at radius 3 is 2.73 bits per heavy atom. The fourth-order valence-electron chi connectivity index (χ4n) is 2.23. The van der Waals surface area contributed by atoms with E-state index in [2.05, 4.69) is 4.90 Å². The highest BCUT2D eigenvalue weighted by molar-refractivity contribution is 5.88. The first-order valence-electron chi connectivity index (χ1n) is 7.62. The number of allylic oxidation sites excluding steroid dienone is 2. The van der Waals surface area contributed by atoms with Gasteiger partial charge in [0.25, 0.3) is 0 Å². The van der Waals surface area contributed by atoms with Crippen LogP contribution in [0.1, 0.15) is 20.8 Å². The molecule has 2 fully saturated rings. The van der Waals surface area contributed by atoms with Crippen LogP contribution in [0.3, 0.4) is 0 Å². The molecule has 6 heteroatoms. The highest BCUT2D eigenvalue weighted by Crippen LogP contribution is 2.22. The van der Waals surface area contributed by atoms with Gasteiger partial charge >= 0.3 is 5.97 Å². The molecule has 1 atom stereocenters. The number of carbonyl (C=O) groups is 1. The van der Waals surface area contributed by atoms with Crippen molar-refractivity contribution < 1.29 is 23.7 Å². The first-order valence-corrected chi connectivity index (χ1v) is 7.62.